The number of hydrogen-bond donors (Lipinski definition) is 2. The van der Waals surface area contributed by atoms with E-state index in [1.165, 1.54) is 0 Å². The lowest BCUT2D eigenvalue weighted by molar-refractivity contribution is -0.117. The molecule has 5 rings (SSSR count). The largest absolute Gasteiger partial charge is 0.497 e. The Balaban J connectivity index is 1.42. The topological polar surface area (TPSA) is 108 Å². The Morgan fingerprint density at radius 3 is 2.84 bits per heavy atom. The van der Waals surface area contributed by atoms with Gasteiger partial charge in [0.1, 0.15) is 17.4 Å². The van der Waals surface area contributed by atoms with E-state index in [1.54, 1.807) is 18.0 Å². The van der Waals surface area contributed by atoms with Gasteiger partial charge < -0.3 is 15.8 Å². The first-order valence-corrected chi connectivity index (χ1v) is 10.4. The highest BCUT2D eigenvalue weighted by Crippen LogP contribution is 2.47. The normalized spacial score (nSPS) is 17.3. The third kappa shape index (κ3) is 3.64. The molecule has 1 fully saturated rings. The smallest absolute Gasteiger partial charge is 0.229 e. The van der Waals surface area contributed by atoms with E-state index < -0.39 is 0 Å². The first-order valence-electron chi connectivity index (χ1n) is 10.4. The second-order valence-corrected chi connectivity index (χ2v) is 8.25. The molecular formula is C24H24N6O2. The van der Waals surface area contributed by atoms with Crippen molar-refractivity contribution in [1.29, 1.82) is 0 Å². The molecule has 0 saturated heterocycles. The van der Waals surface area contributed by atoms with E-state index in [2.05, 4.69) is 20.4 Å². The Hall–Kier alpha value is -3.94. The molecule has 0 radical (unpaired) electrons. The maximum atomic E-state index is 12.7. The minimum atomic E-state index is -0.0609. The first-order chi connectivity index (χ1) is 15.4. The number of anilines is 2. The molecule has 1 aliphatic rings. The summed E-state index contributed by atoms with van der Waals surface area (Å²) in [6.07, 6.45) is 6.26. The Kier molecular flexibility index (Phi) is 4.77. The van der Waals surface area contributed by atoms with Crippen LogP contribution in [0.25, 0.3) is 22.0 Å². The summed E-state index contributed by atoms with van der Waals surface area (Å²) in [5, 5.41) is 8.75. The van der Waals surface area contributed by atoms with Gasteiger partial charge in [-0.15, -0.1) is 0 Å². The van der Waals surface area contributed by atoms with Gasteiger partial charge in [-0.2, -0.15) is 5.10 Å². The number of ether oxygens (including phenoxy) is 1. The Morgan fingerprint density at radius 1 is 1.25 bits per heavy atom. The third-order valence-electron chi connectivity index (χ3n) is 6.00. The average molecular weight is 428 g/mol. The summed E-state index contributed by atoms with van der Waals surface area (Å²) in [5.74, 6) is 1.76. The predicted molar refractivity (Wildman–Crippen MR) is 123 cm³/mol. The second kappa shape index (κ2) is 7.64. The first kappa shape index (κ1) is 20.0. The second-order valence-electron chi connectivity index (χ2n) is 8.25. The van der Waals surface area contributed by atoms with Crippen LogP contribution < -0.4 is 15.8 Å². The van der Waals surface area contributed by atoms with E-state index in [-0.39, 0.29) is 17.7 Å². The average Bonchev–Trinajstić information content (AvgIpc) is 3.47. The monoisotopic (exact) mass is 428 g/mol. The van der Waals surface area contributed by atoms with Gasteiger partial charge in [-0.1, -0.05) is 6.07 Å². The van der Waals surface area contributed by atoms with Crippen molar-refractivity contribution in [3.05, 3.63) is 60.0 Å². The molecule has 0 spiro atoms. The van der Waals surface area contributed by atoms with Gasteiger partial charge in [-0.05, 0) is 60.0 Å². The number of nitrogen functional groups attached to an aromatic ring is 1. The molecule has 1 saturated carbocycles. The van der Waals surface area contributed by atoms with E-state index >= 15 is 0 Å². The highest BCUT2D eigenvalue weighted by atomic mass is 16.5. The van der Waals surface area contributed by atoms with Gasteiger partial charge in [0, 0.05) is 36.3 Å². The Bertz CT molecular complexity index is 1350. The number of fused-ring (bicyclic) bond motifs is 1. The van der Waals surface area contributed by atoms with Crippen molar-refractivity contribution in [1.82, 2.24) is 19.7 Å². The highest BCUT2D eigenvalue weighted by Gasteiger charge is 2.44. The minimum absolute atomic E-state index is 0.0309. The summed E-state index contributed by atoms with van der Waals surface area (Å²) in [6.45, 7) is 2.02. The van der Waals surface area contributed by atoms with Crippen LogP contribution in [0.4, 0.5) is 11.6 Å². The van der Waals surface area contributed by atoms with Gasteiger partial charge in [0.25, 0.3) is 0 Å². The van der Waals surface area contributed by atoms with Crippen molar-refractivity contribution < 1.29 is 9.53 Å². The number of pyridine rings is 2. The molecule has 8 heteroatoms. The van der Waals surface area contributed by atoms with E-state index in [4.69, 9.17) is 10.5 Å². The number of nitrogens with zero attached hydrogens (tertiary/aromatic N) is 4. The highest BCUT2D eigenvalue weighted by molar-refractivity contribution is 5.99. The van der Waals surface area contributed by atoms with Gasteiger partial charge in [-0.3, -0.25) is 9.48 Å². The quantitative estimate of drug-likeness (QED) is 0.502. The lowest BCUT2D eigenvalue weighted by Crippen LogP contribution is -2.15. The lowest BCUT2D eigenvalue weighted by Gasteiger charge is -2.11. The van der Waals surface area contributed by atoms with Gasteiger partial charge in [0.05, 0.1) is 19.0 Å². The van der Waals surface area contributed by atoms with E-state index in [0.29, 0.717) is 11.6 Å². The van der Waals surface area contributed by atoms with Crippen LogP contribution in [0.5, 0.6) is 5.75 Å². The summed E-state index contributed by atoms with van der Waals surface area (Å²) in [7, 11) is 3.51. The zero-order valence-corrected chi connectivity index (χ0v) is 18.2. The maximum Gasteiger partial charge on any atom is 0.229 e. The number of benzene rings is 1. The number of aryl methyl sites for hydroxylation is 2. The zero-order chi connectivity index (χ0) is 22.4. The molecule has 0 aliphatic heterocycles. The summed E-state index contributed by atoms with van der Waals surface area (Å²) < 4.78 is 7.12. The van der Waals surface area contributed by atoms with Crippen LogP contribution >= 0.6 is 0 Å². The number of aromatic nitrogens is 4. The van der Waals surface area contributed by atoms with Gasteiger partial charge >= 0.3 is 0 Å². The number of amides is 1. The predicted octanol–water partition coefficient (Wildman–Crippen LogP) is 3.67. The zero-order valence-electron chi connectivity index (χ0n) is 18.2. The molecule has 2 atom stereocenters. The van der Waals surface area contributed by atoms with Crippen LogP contribution in [0.1, 0.15) is 23.5 Å². The van der Waals surface area contributed by atoms with Crippen LogP contribution in [0.2, 0.25) is 0 Å². The molecule has 3 N–H and O–H groups in total. The van der Waals surface area contributed by atoms with Gasteiger partial charge in [0.15, 0.2) is 0 Å². The number of rotatable bonds is 5. The molecule has 3 aromatic heterocycles. The van der Waals surface area contributed by atoms with Crippen molar-refractivity contribution in [3.8, 4) is 17.0 Å². The van der Waals surface area contributed by atoms with Crippen LogP contribution in [0, 0.1) is 12.8 Å². The fourth-order valence-electron chi connectivity index (χ4n) is 4.09. The maximum absolute atomic E-state index is 12.7. The molecule has 8 nitrogen and oxygen atoms in total. The molecular weight excluding hydrogens is 404 g/mol. The fraction of sp³-hybridized carbons (Fsp3) is 0.250. The Labute approximate surface area is 185 Å². The molecule has 32 heavy (non-hydrogen) atoms. The molecule has 1 aromatic carbocycles. The number of carbonyl (C=O) groups is 1. The van der Waals surface area contributed by atoms with Crippen molar-refractivity contribution in [3.63, 3.8) is 0 Å². The number of hydrogen-bond acceptors (Lipinski definition) is 6. The van der Waals surface area contributed by atoms with Gasteiger partial charge in [-0.25, -0.2) is 9.97 Å². The lowest BCUT2D eigenvalue weighted by atomic mass is 10.0. The van der Waals surface area contributed by atoms with Crippen LogP contribution in [-0.2, 0) is 11.8 Å². The summed E-state index contributed by atoms with van der Waals surface area (Å²) in [5.41, 5.74) is 10.1. The fourth-order valence-corrected chi connectivity index (χ4v) is 4.09. The molecule has 1 aliphatic carbocycles. The van der Waals surface area contributed by atoms with Gasteiger partial charge in [0.2, 0.25) is 5.91 Å². The van der Waals surface area contributed by atoms with Crippen molar-refractivity contribution >= 4 is 28.3 Å². The standard InChI is InChI=1S/C24H24N6O2/c1-13-4-5-16(32-3)8-17(13)21-6-14-7-22(26-11-20(14)23(25)28-21)29-24(31)19-9-18(19)15-10-27-30(2)12-15/h4-8,10-12,18-19H,9H2,1-3H3,(H2,25,28)(H,26,29,31)/t18-,19+/m0/s1. The summed E-state index contributed by atoms with van der Waals surface area (Å²) in [4.78, 5) is 21.7. The molecule has 1 amide bonds. The van der Waals surface area contributed by atoms with E-state index in [9.17, 15) is 4.79 Å². The Morgan fingerprint density at radius 2 is 2.09 bits per heavy atom. The SMILES string of the molecule is COc1ccc(C)c(-c2cc3cc(NC(=O)[C@@H]4C[C@H]4c4cnn(C)c4)ncc3c(N)n2)c1. The number of nitrogens with two attached hydrogens (primary N) is 1. The summed E-state index contributed by atoms with van der Waals surface area (Å²) in [6, 6.07) is 9.64. The van der Waals surface area contributed by atoms with Crippen molar-refractivity contribution in [2.75, 3.05) is 18.2 Å². The van der Waals surface area contributed by atoms with E-state index in [0.717, 1.165) is 45.3 Å². The molecule has 3 heterocycles. The molecule has 162 valence electrons. The van der Waals surface area contributed by atoms with Crippen LogP contribution in [-0.4, -0.2) is 32.8 Å². The van der Waals surface area contributed by atoms with Crippen LogP contribution in [0.3, 0.4) is 0 Å². The summed E-state index contributed by atoms with van der Waals surface area (Å²) >= 11 is 0. The number of methoxy groups -OCH3 is 1. The molecule has 0 bridgehead atoms. The minimum Gasteiger partial charge on any atom is -0.497 e. The van der Waals surface area contributed by atoms with E-state index in [1.807, 2.05) is 56.7 Å². The number of carbonyl (C=O) groups excluding carboxylic acids is 1. The molecule has 0 unspecified atom stereocenters. The van der Waals surface area contributed by atoms with Crippen LogP contribution in [0.15, 0.2) is 48.9 Å². The molecule has 4 aromatic rings. The number of nitrogens with one attached hydrogen (secondary N) is 1. The van der Waals surface area contributed by atoms with Crippen molar-refractivity contribution in [2.45, 2.75) is 19.3 Å². The van der Waals surface area contributed by atoms with Crippen molar-refractivity contribution in [2.24, 2.45) is 13.0 Å². The third-order valence-corrected chi connectivity index (χ3v) is 6.00.